The zero-order valence-corrected chi connectivity index (χ0v) is 12.6. The Morgan fingerprint density at radius 1 is 1.33 bits per heavy atom. The van der Waals surface area contributed by atoms with Crippen LogP contribution in [0.1, 0.15) is 12.8 Å². The van der Waals surface area contributed by atoms with Gasteiger partial charge in [-0.2, -0.15) is 0 Å². The number of rotatable bonds is 6. The second kappa shape index (κ2) is 6.91. The number of H-pyrrole nitrogens is 1. The van der Waals surface area contributed by atoms with Crippen LogP contribution < -0.4 is 5.32 Å². The van der Waals surface area contributed by atoms with Crippen LogP contribution in [0.4, 0.5) is 5.95 Å². The first-order valence-electron chi connectivity index (χ1n) is 7.75. The summed E-state index contributed by atoms with van der Waals surface area (Å²) in [5.74, 6) is 1.62. The summed E-state index contributed by atoms with van der Waals surface area (Å²) in [5, 5.41) is 3.45. The smallest absolute Gasteiger partial charge is 0.201 e. The van der Waals surface area contributed by atoms with Crippen molar-refractivity contribution in [2.24, 2.45) is 5.92 Å². The van der Waals surface area contributed by atoms with Crippen molar-refractivity contribution in [3.8, 4) is 0 Å². The third kappa shape index (κ3) is 3.74. The Morgan fingerprint density at radius 3 is 2.90 bits per heavy atom. The summed E-state index contributed by atoms with van der Waals surface area (Å²) >= 11 is 0. The van der Waals surface area contributed by atoms with E-state index in [0.717, 1.165) is 42.6 Å². The molecule has 1 aliphatic rings. The summed E-state index contributed by atoms with van der Waals surface area (Å²) in [6.45, 7) is 5.24. The van der Waals surface area contributed by atoms with Gasteiger partial charge in [-0.3, -0.25) is 0 Å². The van der Waals surface area contributed by atoms with E-state index in [-0.39, 0.29) is 0 Å². The van der Waals surface area contributed by atoms with Gasteiger partial charge in [0.1, 0.15) is 0 Å². The first-order valence-corrected chi connectivity index (χ1v) is 7.75. The van der Waals surface area contributed by atoms with E-state index in [1.165, 1.54) is 25.9 Å². The number of aromatic nitrogens is 2. The lowest BCUT2D eigenvalue weighted by Crippen LogP contribution is -2.37. The Bertz CT molecular complexity index is 527. The second-order valence-electron chi connectivity index (χ2n) is 5.76. The molecule has 2 N–H and O–H groups in total. The highest BCUT2D eigenvalue weighted by Crippen LogP contribution is 2.18. The minimum atomic E-state index is 0.733. The number of piperidine rings is 1. The predicted octanol–water partition coefficient (Wildman–Crippen LogP) is 2.33. The fourth-order valence-corrected chi connectivity index (χ4v) is 2.91. The molecule has 0 aliphatic carbocycles. The van der Waals surface area contributed by atoms with Crippen molar-refractivity contribution in [3.05, 3.63) is 24.3 Å². The zero-order valence-electron chi connectivity index (χ0n) is 12.6. The van der Waals surface area contributed by atoms with Gasteiger partial charge in [-0.25, -0.2) is 4.98 Å². The Labute approximate surface area is 125 Å². The molecule has 1 aromatic heterocycles. The van der Waals surface area contributed by atoms with Crippen LogP contribution in [-0.2, 0) is 4.74 Å². The van der Waals surface area contributed by atoms with Crippen LogP contribution in [0.25, 0.3) is 11.0 Å². The van der Waals surface area contributed by atoms with Crippen molar-refractivity contribution < 1.29 is 4.74 Å². The first-order chi connectivity index (χ1) is 10.3. The number of nitrogens with one attached hydrogen (secondary N) is 2. The van der Waals surface area contributed by atoms with Crippen molar-refractivity contribution in [2.45, 2.75) is 12.8 Å². The fourth-order valence-electron chi connectivity index (χ4n) is 2.91. The predicted molar refractivity (Wildman–Crippen MR) is 85.6 cm³/mol. The minimum absolute atomic E-state index is 0.733. The van der Waals surface area contributed by atoms with E-state index in [0.29, 0.717) is 0 Å². The van der Waals surface area contributed by atoms with Gasteiger partial charge in [0.15, 0.2) is 0 Å². The average Bonchev–Trinajstić information content (AvgIpc) is 2.95. The molecular weight excluding hydrogens is 264 g/mol. The van der Waals surface area contributed by atoms with E-state index in [2.05, 4.69) is 26.3 Å². The Kier molecular flexibility index (Phi) is 4.72. The van der Waals surface area contributed by atoms with Crippen molar-refractivity contribution in [2.75, 3.05) is 45.2 Å². The molecule has 5 heteroatoms. The second-order valence-corrected chi connectivity index (χ2v) is 5.76. The van der Waals surface area contributed by atoms with Crippen molar-refractivity contribution >= 4 is 17.0 Å². The zero-order chi connectivity index (χ0) is 14.5. The van der Waals surface area contributed by atoms with Gasteiger partial charge in [-0.1, -0.05) is 12.1 Å². The van der Waals surface area contributed by atoms with E-state index in [1.807, 2.05) is 18.2 Å². The molecule has 1 saturated heterocycles. The van der Waals surface area contributed by atoms with Crippen LogP contribution in [0.15, 0.2) is 24.3 Å². The summed E-state index contributed by atoms with van der Waals surface area (Å²) in [7, 11) is 1.77. The number of hydrogen-bond donors (Lipinski definition) is 2. The number of benzene rings is 1. The molecule has 3 rings (SSSR count). The van der Waals surface area contributed by atoms with Gasteiger partial charge in [0.05, 0.1) is 17.6 Å². The summed E-state index contributed by atoms with van der Waals surface area (Å²) in [5.41, 5.74) is 2.11. The van der Waals surface area contributed by atoms with Gasteiger partial charge in [-0.15, -0.1) is 0 Å². The monoisotopic (exact) mass is 288 g/mol. The number of likely N-dealkylation sites (tertiary alicyclic amines) is 1. The van der Waals surface area contributed by atoms with E-state index in [4.69, 9.17) is 4.74 Å². The highest BCUT2D eigenvalue weighted by Gasteiger charge is 2.18. The quantitative estimate of drug-likeness (QED) is 0.856. The third-order valence-electron chi connectivity index (χ3n) is 4.27. The number of imidazole rings is 1. The summed E-state index contributed by atoms with van der Waals surface area (Å²) in [6.07, 6.45) is 2.49. The summed E-state index contributed by atoms with van der Waals surface area (Å²) < 4.78 is 5.14. The standard InChI is InChI=1S/C16H24N4O/c1-21-11-10-20-8-6-13(7-9-20)12-17-16-18-14-4-2-3-5-15(14)19-16/h2-5,13H,6-12H2,1H3,(H2,17,18,19). The van der Waals surface area contributed by atoms with Crippen LogP contribution in [0.2, 0.25) is 0 Å². The van der Waals surface area contributed by atoms with E-state index in [1.54, 1.807) is 7.11 Å². The van der Waals surface area contributed by atoms with E-state index < -0.39 is 0 Å². The topological polar surface area (TPSA) is 53.2 Å². The first kappa shape index (κ1) is 14.4. The number of ether oxygens (including phenoxy) is 1. The van der Waals surface area contributed by atoms with Gasteiger partial charge >= 0.3 is 0 Å². The molecule has 0 radical (unpaired) electrons. The normalized spacial score (nSPS) is 17.4. The van der Waals surface area contributed by atoms with Crippen molar-refractivity contribution in [1.82, 2.24) is 14.9 Å². The molecule has 5 nitrogen and oxygen atoms in total. The maximum Gasteiger partial charge on any atom is 0.201 e. The van der Waals surface area contributed by atoms with Gasteiger partial charge < -0.3 is 19.9 Å². The van der Waals surface area contributed by atoms with Crippen LogP contribution in [0, 0.1) is 5.92 Å². The van der Waals surface area contributed by atoms with Gasteiger partial charge in [0, 0.05) is 20.2 Å². The lowest BCUT2D eigenvalue weighted by atomic mass is 9.97. The number of aromatic amines is 1. The average molecular weight is 288 g/mol. The van der Waals surface area contributed by atoms with Gasteiger partial charge in [-0.05, 0) is 44.0 Å². The van der Waals surface area contributed by atoms with Crippen LogP contribution in [-0.4, -0.2) is 54.8 Å². The summed E-state index contributed by atoms with van der Waals surface area (Å²) in [4.78, 5) is 10.4. The Balaban J connectivity index is 1.45. The highest BCUT2D eigenvalue weighted by atomic mass is 16.5. The number of anilines is 1. The number of methoxy groups -OCH3 is 1. The van der Waals surface area contributed by atoms with Crippen molar-refractivity contribution in [3.63, 3.8) is 0 Å². The van der Waals surface area contributed by atoms with Crippen LogP contribution >= 0.6 is 0 Å². The molecular formula is C16H24N4O. The van der Waals surface area contributed by atoms with E-state index >= 15 is 0 Å². The molecule has 21 heavy (non-hydrogen) atoms. The molecule has 0 saturated carbocycles. The lowest BCUT2D eigenvalue weighted by molar-refractivity contribution is 0.122. The molecule has 1 aromatic carbocycles. The Hall–Kier alpha value is -1.59. The SMILES string of the molecule is COCCN1CCC(CNc2nc3ccccc3[nH]2)CC1. The number of fused-ring (bicyclic) bond motifs is 1. The highest BCUT2D eigenvalue weighted by molar-refractivity contribution is 5.77. The maximum absolute atomic E-state index is 5.14. The molecule has 0 amide bonds. The Morgan fingerprint density at radius 2 is 2.14 bits per heavy atom. The maximum atomic E-state index is 5.14. The molecule has 2 heterocycles. The fraction of sp³-hybridized carbons (Fsp3) is 0.562. The number of para-hydroxylation sites is 2. The molecule has 0 unspecified atom stereocenters. The third-order valence-corrected chi connectivity index (χ3v) is 4.27. The number of nitrogens with zero attached hydrogens (tertiary/aromatic N) is 2. The molecule has 0 spiro atoms. The molecule has 0 atom stereocenters. The molecule has 2 aromatic rings. The van der Waals surface area contributed by atoms with Gasteiger partial charge in [0.2, 0.25) is 5.95 Å². The van der Waals surface area contributed by atoms with Gasteiger partial charge in [0.25, 0.3) is 0 Å². The molecule has 114 valence electrons. The van der Waals surface area contributed by atoms with Crippen LogP contribution in [0.3, 0.4) is 0 Å². The largest absolute Gasteiger partial charge is 0.383 e. The number of hydrogen-bond acceptors (Lipinski definition) is 4. The van der Waals surface area contributed by atoms with Crippen molar-refractivity contribution in [1.29, 1.82) is 0 Å². The van der Waals surface area contributed by atoms with Crippen LogP contribution in [0.5, 0.6) is 0 Å². The summed E-state index contributed by atoms with van der Waals surface area (Å²) in [6, 6.07) is 8.13. The van der Waals surface area contributed by atoms with E-state index in [9.17, 15) is 0 Å². The minimum Gasteiger partial charge on any atom is -0.383 e. The lowest BCUT2D eigenvalue weighted by Gasteiger charge is -2.31. The molecule has 1 fully saturated rings. The molecule has 0 bridgehead atoms. The molecule has 1 aliphatic heterocycles.